The molecular formula is C22H17Br2N3O5. The average molecular weight is 563 g/mol. The molecule has 0 saturated carbocycles. The van der Waals surface area contributed by atoms with Crippen LogP contribution in [-0.2, 0) is 19.1 Å². The maximum absolute atomic E-state index is 13.0. The normalized spacial score (nSPS) is 16.0. The summed E-state index contributed by atoms with van der Waals surface area (Å²) >= 11 is 6.49. The zero-order chi connectivity index (χ0) is 23.6. The summed E-state index contributed by atoms with van der Waals surface area (Å²) in [6.07, 6.45) is 0. The minimum absolute atomic E-state index is 0.0459. The molecule has 0 bridgehead atoms. The van der Waals surface area contributed by atoms with Gasteiger partial charge >= 0.3 is 11.9 Å². The number of allylic oxidation sites excluding steroid dienone is 1. The Hall–Kier alpha value is -3.29. The zero-order valence-electron chi connectivity index (χ0n) is 16.9. The summed E-state index contributed by atoms with van der Waals surface area (Å²) in [6, 6.07) is 13.8. The topological polar surface area (TPSA) is 126 Å². The van der Waals surface area contributed by atoms with Crippen molar-refractivity contribution < 1.29 is 24.2 Å². The molecule has 0 radical (unpaired) electrons. The van der Waals surface area contributed by atoms with E-state index in [1.807, 2.05) is 0 Å². The second-order valence-electron chi connectivity index (χ2n) is 6.59. The summed E-state index contributed by atoms with van der Waals surface area (Å²) in [4.78, 5) is 27.2. The van der Waals surface area contributed by atoms with E-state index in [1.54, 1.807) is 30.3 Å². The second kappa shape index (κ2) is 9.46. The molecule has 1 aliphatic rings. The minimum Gasteiger partial charge on any atom is -0.506 e. The molecule has 3 rings (SSSR count). The fraction of sp³-hybridized carbons (Fsp3) is 0.136. The number of esters is 2. The van der Waals surface area contributed by atoms with Crippen LogP contribution in [0.5, 0.6) is 5.75 Å². The van der Waals surface area contributed by atoms with Gasteiger partial charge in [0.1, 0.15) is 17.3 Å². The molecule has 1 atom stereocenters. The highest BCUT2D eigenvalue weighted by molar-refractivity contribution is 9.11. The molecular weight excluding hydrogens is 546 g/mol. The number of nitrogens with two attached hydrogens (primary N) is 1. The van der Waals surface area contributed by atoms with Crippen molar-refractivity contribution in [1.29, 1.82) is 5.26 Å². The molecule has 0 amide bonds. The van der Waals surface area contributed by atoms with Gasteiger partial charge in [0.2, 0.25) is 0 Å². The Labute approximate surface area is 200 Å². The van der Waals surface area contributed by atoms with Gasteiger partial charge in [0.05, 0.1) is 52.0 Å². The molecule has 3 N–H and O–H groups in total. The number of anilines is 1. The maximum Gasteiger partial charge on any atom is 0.355 e. The first-order chi connectivity index (χ1) is 15.3. The van der Waals surface area contributed by atoms with Gasteiger partial charge in [-0.05, 0) is 49.6 Å². The lowest BCUT2D eigenvalue weighted by atomic mass is 9.81. The smallest absolute Gasteiger partial charge is 0.355 e. The first-order valence-electron chi connectivity index (χ1n) is 9.10. The number of ether oxygens (including phenoxy) is 2. The quantitative estimate of drug-likeness (QED) is 0.539. The lowest BCUT2D eigenvalue weighted by Crippen LogP contribution is -2.40. The van der Waals surface area contributed by atoms with Gasteiger partial charge in [0.15, 0.2) is 0 Å². The maximum atomic E-state index is 13.0. The molecule has 8 nitrogen and oxygen atoms in total. The fourth-order valence-corrected chi connectivity index (χ4v) is 4.63. The van der Waals surface area contributed by atoms with Gasteiger partial charge in [-0.15, -0.1) is 0 Å². The van der Waals surface area contributed by atoms with Gasteiger partial charge in [-0.1, -0.05) is 30.3 Å². The first-order valence-corrected chi connectivity index (χ1v) is 10.7. The van der Waals surface area contributed by atoms with E-state index in [2.05, 4.69) is 37.9 Å². The minimum atomic E-state index is -0.956. The lowest BCUT2D eigenvalue weighted by molar-refractivity contribution is -0.139. The number of aromatic hydroxyl groups is 1. The van der Waals surface area contributed by atoms with Crippen LogP contribution in [0.1, 0.15) is 11.5 Å². The van der Waals surface area contributed by atoms with Crippen LogP contribution in [0.25, 0.3) is 0 Å². The van der Waals surface area contributed by atoms with Crippen molar-refractivity contribution in [3.8, 4) is 11.8 Å². The van der Waals surface area contributed by atoms with Crippen LogP contribution >= 0.6 is 31.9 Å². The lowest BCUT2D eigenvalue weighted by Gasteiger charge is -2.36. The third-order valence-electron chi connectivity index (χ3n) is 4.87. The highest BCUT2D eigenvalue weighted by Crippen LogP contribution is 2.45. The molecule has 1 aliphatic heterocycles. The van der Waals surface area contributed by atoms with E-state index in [0.717, 1.165) is 0 Å². The summed E-state index contributed by atoms with van der Waals surface area (Å²) < 4.78 is 10.5. The Morgan fingerprint density at radius 3 is 2.16 bits per heavy atom. The molecule has 1 unspecified atom stereocenters. The van der Waals surface area contributed by atoms with Crippen LogP contribution in [0.2, 0.25) is 0 Å². The molecule has 0 aromatic heterocycles. The van der Waals surface area contributed by atoms with Crippen LogP contribution in [0, 0.1) is 11.3 Å². The summed E-state index contributed by atoms with van der Waals surface area (Å²) in [5.41, 5.74) is 7.02. The Morgan fingerprint density at radius 1 is 1.09 bits per heavy atom. The molecule has 0 aliphatic carbocycles. The monoisotopic (exact) mass is 561 g/mol. The van der Waals surface area contributed by atoms with Gasteiger partial charge in [-0.25, -0.2) is 9.59 Å². The third-order valence-corrected chi connectivity index (χ3v) is 6.08. The Bertz CT molecular complexity index is 1180. The summed E-state index contributed by atoms with van der Waals surface area (Å²) in [6.45, 7) is 0. The van der Waals surface area contributed by atoms with Gasteiger partial charge in [-0.3, -0.25) is 4.90 Å². The van der Waals surface area contributed by atoms with E-state index in [0.29, 0.717) is 20.2 Å². The van der Waals surface area contributed by atoms with Crippen molar-refractivity contribution in [2.75, 3.05) is 19.1 Å². The number of methoxy groups -OCH3 is 2. The summed E-state index contributed by atoms with van der Waals surface area (Å²) in [5, 5.41) is 20.1. The van der Waals surface area contributed by atoms with Gasteiger partial charge in [-0.2, -0.15) is 5.26 Å². The number of hydrogen-bond donors (Lipinski definition) is 2. The summed E-state index contributed by atoms with van der Waals surface area (Å²) in [7, 11) is 2.35. The molecule has 0 fully saturated rings. The number of rotatable bonds is 4. The number of nitriles is 1. The third kappa shape index (κ3) is 3.97. The van der Waals surface area contributed by atoms with E-state index in [-0.39, 0.29) is 28.4 Å². The molecule has 2 aromatic rings. The van der Waals surface area contributed by atoms with Crippen LogP contribution in [0.3, 0.4) is 0 Å². The van der Waals surface area contributed by atoms with Gasteiger partial charge in [0, 0.05) is 0 Å². The molecule has 0 spiro atoms. The van der Waals surface area contributed by atoms with Crippen molar-refractivity contribution in [3.63, 3.8) is 0 Å². The largest absolute Gasteiger partial charge is 0.506 e. The van der Waals surface area contributed by atoms with E-state index in [1.165, 1.54) is 31.3 Å². The highest BCUT2D eigenvalue weighted by atomic mass is 79.9. The van der Waals surface area contributed by atoms with E-state index in [9.17, 15) is 20.0 Å². The van der Waals surface area contributed by atoms with Crippen molar-refractivity contribution in [2.24, 2.45) is 5.73 Å². The summed E-state index contributed by atoms with van der Waals surface area (Å²) in [5.74, 6) is -2.78. The van der Waals surface area contributed by atoms with E-state index < -0.39 is 17.9 Å². The number of benzene rings is 2. The molecule has 1 heterocycles. The highest BCUT2D eigenvalue weighted by Gasteiger charge is 2.43. The number of carbonyl (C=O) groups excluding carboxylic acids is 2. The van der Waals surface area contributed by atoms with Gasteiger partial charge in [0.25, 0.3) is 0 Å². The molecule has 2 aromatic carbocycles. The number of phenolic OH excluding ortho intramolecular Hbond substituents is 1. The van der Waals surface area contributed by atoms with Crippen molar-refractivity contribution in [2.45, 2.75) is 5.92 Å². The van der Waals surface area contributed by atoms with E-state index in [4.69, 9.17) is 15.2 Å². The molecule has 0 saturated heterocycles. The van der Waals surface area contributed by atoms with Crippen molar-refractivity contribution >= 4 is 49.5 Å². The molecule has 164 valence electrons. The standard InChI is InChI=1S/C22H17Br2N3O5/c1-31-21(29)17-16(11-6-4-3-5-7-11)13(10-25)20(26)27(18(17)22(30)32-2)12-8-14(23)19(28)15(24)9-12/h3-9,16,28H,26H2,1-2H3. The van der Waals surface area contributed by atoms with Crippen molar-refractivity contribution in [1.82, 2.24) is 0 Å². The molecule has 10 heteroatoms. The van der Waals surface area contributed by atoms with Crippen LogP contribution < -0.4 is 10.6 Å². The Kier molecular flexibility index (Phi) is 6.91. The predicted octanol–water partition coefficient (Wildman–Crippen LogP) is 3.81. The molecule has 32 heavy (non-hydrogen) atoms. The second-order valence-corrected chi connectivity index (χ2v) is 8.30. The number of phenols is 1. The average Bonchev–Trinajstić information content (AvgIpc) is 2.80. The van der Waals surface area contributed by atoms with Crippen LogP contribution in [-0.4, -0.2) is 31.3 Å². The zero-order valence-corrected chi connectivity index (χ0v) is 20.1. The SMILES string of the molecule is COC(=O)C1=C(C(=O)OC)N(c2cc(Br)c(O)c(Br)c2)C(N)=C(C#N)C1c1ccccc1. The van der Waals surface area contributed by atoms with Gasteiger partial charge < -0.3 is 20.3 Å². The Morgan fingerprint density at radius 2 is 1.66 bits per heavy atom. The van der Waals surface area contributed by atoms with Crippen molar-refractivity contribution in [3.05, 3.63) is 79.6 Å². The number of carbonyl (C=O) groups is 2. The van der Waals surface area contributed by atoms with Crippen LogP contribution in [0.15, 0.2) is 74.1 Å². The van der Waals surface area contributed by atoms with E-state index >= 15 is 0 Å². The number of nitrogens with zero attached hydrogens (tertiary/aromatic N) is 2. The first kappa shape index (κ1) is 23.4. The van der Waals surface area contributed by atoms with Crippen LogP contribution in [0.4, 0.5) is 5.69 Å². The Balaban J connectivity index is 2.44. The predicted molar refractivity (Wildman–Crippen MR) is 123 cm³/mol. The number of hydrogen-bond acceptors (Lipinski definition) is 8. The number of halogens is 2. The fourth-order valence-electron chi connectivity index (χ4n) is 3.46.